The topological polar surface area (TPSA) is 43.6 Å². The molecule has 21 heavy (non-hydrogen) atoms. The molecule has 0 aliphatic carbocycles. The van der Waals surface area contributed by atoms with Gasteiger partial charge in [0.2, 0.25) is 0 Å². The molecule has 2 heterocycles. The van der Waals surface area contributed by atoms with Crippen molar-refractivity contribution in [3.63, 3.8) is 0 Å². The lowest BCUT2D eigenvalue weighted by molar-refractivity contribution is 0.768. The number of aryl methyl sites for hydroxylation is 2. The summed E-state index contributed by atoms with van der Waals surface area (Å²) in [5.74, 6) is 0.591. The van der Waals surface area contributed by atoms with Crippen LogP contribution in [0.1, 0.15) is 5.56 Å². The van der Waals surface area contributed by atoms with Crippen molar-refractivity contribution in [2.75, 3.05) is 0 Å². The van der Waals surface area contributed by atoms with Crippen molar-refractivity contribution >= 4 is 27.5 Å². The SMILES string of the molecule is Cc1ccc(-c2nc(Cl)cc(-c3cnn(C)c3)n2)c(Br)c1. The molecule has 3 aromatic rings. The summed E-state index contributed by atoms with van der Waals surface area (Å²) in [6, 6.07) is 7.78. The fourth-order valence-electron chi connectivity index (χ4n) is 2.04. The molecule has 0 unspecified atom stereocenters. The molecule has 0 radical (unpaired) electrons. The molecule has 0 saturated heterocycles. The Morgan fingerprint density at radius 2 is 2.00 bits per heavy atom. The number of hydrogen-bond donors (Lipinski definition) is 0. The number of nitrogens with zero attached hydrogens (tertiary/aromatic N) is 4. The molecule has 3 rings (SSSR count). The Bertz CT molecular complexity index is 813. The molecule has 0 bridgehead atoms. The second-order valence-corrected chi connectivity index (χ2v) is 6.03. The van der Waals surface area contributed by atoms with E-state index in [-0.39, 0.29) is 0 Å². The van der Waals surface area contributed by atoms with Gasteiger partial charge in [-0.2, -0.15) is 5.10 Å². The van der Waals surface area contributed by atoms with Gasteiger partial charge in [-0.1, -0.05) is 33.6 Å². The van der Waals surface area contributed by atoms with E-state index in [2.05, 4.69) is 31.0 Å². The summed E-state index contributed by atoms with van der Waals surface area (Å²) < 4.78 is 2.68. The Kier molecular flexibility index (Phi) is 3.78. The van der Waals surface area contributed by atoms with Gasteiger partial charge in [0.25, 0.3) is 0 Å². The summed E-state index contributed by atoms with van der Waals surface area (Å²) in [4.78, 5) is 8.92. The standard InChI is InChI=1S/C15H12BrClN4/c1-9-3-4-11(12(16)5-9)15-19-13(6-14(17)20-15)10-7-18-21(2)8-10/h3-8H,1-2H3. The van der Waals surface area contributed by atoms with Crippen molar-refractivity contribution in [3.8, 4) is 22.6 Å². The van der Waals surface area contributed by atoms with E-state index in [4.69, 9.17) is 11.6 Å². The lowest BCUT2D eigenvalue weighted by Gasteiger charge is -2.07. The molecule has 0 amide bonds. The molecule has 106 valence electrons. The van der Waals surface area contributed by atoms with Gasteiger partial charge in [0.05, 0.1) is 11.9 Å². The third-order valence-corrected chi connectivity index (χ3v) is 3.91. The summed E-state index contributed by atoms with van der Waals surface area (Å²) in [5.41, 5.74) is 3.74. The Hall–Kier alpha value is -1.72. The summed E-state index contributed by atoms with van der Waals surface area (Å²) in [6.45, 7) is 2.04. The van der Waals surface area contributed by atoms with Crippen LogP contribution < -0.4 is 0 Å². The molecule has 0 N–H and O–H groups in total. The second kappa shape index (κ2) is 5.58. The van der Waals surface area contributed by atoms with Crippen LogP contribution in [-0.2, 0) is 7.05 Å². The number of rotatable bonds is 2. The van der Waals surface area contributed by atoms with Crippen molar-refractivity contribution in [1.82, 2.24) is 19.7 Å². The van der Waals surface area contributed by atoms with E-state index in [1.807, 2.05) is 38.4 Å². The Labute approximate surface area is 135 Å². The maximum absolute atomic E-state index is 6.15. The van der Waals surface area contributed by atoms with Crippen LogP contribution in [0.25, 0.3) is 22.6 Å². The third-order valence-electron chi connectivity index (χ3n) is 3.06. The first-order chi connectivity index (χ1) is 10.0. The van der Waals surface area contributed by atoms with Crippen LogP contribution in [0.4, 0.5) is 0 Å². The number of hydrogen-bond acceptors (Lipinski definition) is 3. The Morgan fingerprint density at radius 3 is 2.67 bits per heavy atom. The molecular formula is C15H12BrClN4. The minimum absolute atomic E-state index is 0.409. The zero-order valence-electron chi connectivity index (χ0n) is 11.5. The zero-order valence-corrected chi connectivity index (χ0v) is 13.9. The first-order valence-corrected chi connectivity index (χ1v) is 7.50. The third kappa shape index (κ3) is 2.99. The summed E-state index contributed by atoms with van der Waals surface area (Å²) in [7, 11) is 1.86. The van der Waals surface area contributed by atoms with Gasteiger partial charge in [-0.25, -0.2) is 9.97 Å². The lowest BCUT2D eigenvalue weighted by Crippen LogP contribution is -1.94. The second-order valence-electron chi connectivity index (χ2n) is 4.79. The van der Waals surface area contributed by atoms with Crippen molar-refractivity contribution < 1.29 is 0 Å². The first kappa shape index (κ1) is 14.2. The predicted octanol–water partition coefficient (Wildman–Crippen LogP) is 4.27. The van der Waals surface area contributed by atoms with Gasteiger partial charge < -0.3 is 0 Å². The van der Waals surface area contributed by atoms with Gasteiger partial charge in [-0.15, -0.1) is 0 Å². The Balaban J connectivity index is 2.13. The highest BCUT2D eigenvalue weighted by molar-refractivity contribution is 9.10. The molecule has 4 nitrogen and oxygen atoms in total. The molecule has 0 saturated carbocycles. The van der Waals surface area contributed by atoms with Crippen LogP contribution in [0.2, 0.25) is 5.15 Å². The predicted molar refractivity (Wildman–Crippen MR) is 87.1 cm³/mol. The van der Waals surface area contributed by atoms with Crippen LogP contribution in [0, 0.1) is 6.92 Å². The lowest BCUT2D eigenvalue weighted by atomic mass is 10.1. The average molecular weight is 364 g/mol. The quantitative estimate of drug-likeness (QED) is 0.639. The highest BCUT2D eigenvalue weighted by Gasteiger charge is 2.11. The monoisotopic (exact) mass is 362 g/mol. The first-order valence-electron chi connectivity index (χ1n) is 6.33. The molecular weight excluding hydrogens is 352 g/mol. The minimum Gasteiger partial charge on any atom is -0.275 e. The molecule has 1 aromatic carbocycles. The van der Waals surface area contributed by atoms with Gasteiger partial charge in [0.15, 0.2) is 5.82 Å². The summed E-state index contributed by atoms with van der Waals surface area (Å²) in [6.07, 6.45) is 3.65. The van der Waals surface area contributed by atoms with Crippen LogP contribution in [-0.4, -0.2) is 19.7 Å². The average Bonchev–Trinajstić information content (AvgIpc) is 2.84. The van der Waals surface area contributed by atoms with Crippen molar-refractivity contribution in [2.45, 2.75) is 6.92 Å². The smallest absolute Gasteiger partial charge is 0.162 e. The zero-order chi connectivity index (χ0) is 15.0. The highest BCUT2D eigenvalue weighted by atomic mass is 79.9. The molecule has 0 fully saturated rings. The van der Waals surface area contributed by atoms with Crippen LogP contribution >= 0.6 is 27.5 Å². The van der Waals surface area contributed by atoms with Gasteiger partial charge >= 0.3 is 0 Å². The molecule has 0 atom stereocenters. The molecule has 6 heteroatoms. The number of aromatic nitrogens is 4. The van der Waals surface area contributed by atoms with Gasteiger partial charge in [0, 0.05) is 34.9 Å². The van der Waals surface area contributed by atoms with Gasteiger partial charge in [-0.3, -0.25) is 4.68 Å². The largest absolute Gasteiger partial charge is 0.275 e. The van der Waals surface area contributed by atoms with E-state index in [1.54, 1.807) is 16.9 Å². The highest BCUT2D eigenvalue weighted by Crippen LogP contribution is 2.29. The summed E-state index contributed by atoms with van der Waals surface area (Å²) >= 11 is 9.70. The van der Waals surface area contributed by atoms with Crippen LogP contribution in [0.5, 0.6) is 0 Å². The maximum atomic E-state index is 6.15. The maximum Gasteiger partial charge on any atom is 0.162 e. The van der Waals surface area contributed by atoms with E-state index < -0.39 is 0 Å². The van der Waals surface area contributed by atoms with Crippen LogP contribution in [0.3, 0.4) is 0 Å². The Morgan fingerprint density at radius 1 is 1.19 bits per heavy atom. The summed E-state index contributed by atoms with van der Waals surface area (Å²) in [5, 5.41) is 4.57. The minimum atomic E-state index is 0.409. The normalized spacial score (nSPS) is 10.9. The van der Waals surface area contributed by atoms with Gasteiger partial charge in [0.1, 0.15) is 5.15 Å². The number of benzene rings is 1. The molecule has 0 spiro atoms. The fourth-order valence-corrected chi connectivity index (χ4v) is 2.89. The van der Waals surface area contributed by atoms with Crippen molar-refractivity contribution in [1.29, 1.82) is 0 Å². The fraction of sp³-hybridized carbons (Fsp3) is 0.133. The number of halogens is 2. The van der Waals surface area contributed by atoms with Crippen molar-refractivity contribution in [2.24, 2.45) is 7.05 Å². The van der Waals surface area contributed by atoms with Gasteiger partial charge in [-0.05, 0) is 24.6 Å². The van der Waals surface area contributed by atoms with E-state index in [0.29, 0.717) is 11.0 Å². The molecule has 0 aliphatic heterocycles. The molecule has 2 aromatic heterocycles. The van der Waals surface area contributed by atoms with Crippen LogP contribution in [0.15, 0.2) is 41.1 Å². The van der Waals surface area contributed by atoms with E-state index >= 15 is 0 Å². The van der Waals surface area contributed by atoms with E-state index in [9.17, 15) is 0 Å². The van der Waals surface area contributed by atoms with E-state index in [0.717, 1.165) is 21.3 Å². The van der Waals surface area contributed by atoms with Crippen molar-refractivity contribution in [3.05, 3.63) is 51.8 Å². The van der Waals surface area contributed by atoms with E-state index in [1.165, 1.54) is 5.56 Å². The molecule has 0 aliphatic rings.